The summed E-state index contributed by atoms with van der Waals surface area (Å²) in [4.78, 5) is 23.9. The van der Waals surface area contributed by atoms with Crippen molar-refractivity contribution in [2.24, 2.45) is 0 Å². The van der Waals surface area contributed by atoms with E-state index in [4.69, 9.17) is 16.3 Å². The van der Waals surface area contributed by atoms with Crippen LogP contribution in [0.1, 0.15) is 33.6 Å². The molecule has 0 bridgehead atoms. The quantitative estimate of drug-likeness (QED) is 0.555. The second kappa shape index (κ2) is 10.6. The summed E-state index contributed by atoms with van der Waals surface area (Å²) in [6, 6.07) is 12.3. The Morgan fingerprint density at radius 1 is 1.00 bits per heavy atom. The number of amides is 2. The minimum absolute atomic E-state index is 0.0380. The Balaban J connectivity index is 1.90. The molecule has 0 spiro atoms. The first-order valence-electron chi connectivity index (χ1n) is 9.27. The largest absolute Gasteiger partial charge is 0.491 e. The first-order valence-corrected chi connectivity index (χ1v) is 9.65. The number of benzene rings is 2. The Bertz CT molecular complexity index is 807. The smallest absolute Gasteiger partial charge is 0.243 e. The Morgan fingerprint density at radius 2 is 1.64 bits per heavy atom. The number of carbonyl (C=O) groups excluding carboxylic acids is 2. The van der Waals surface area contributed by atoms with E-state index in [0.29, 0.717) is 28.5 Å². The second-order valence-corrected chi connectivity index (χ2v) is 6.99. The molecule has 28 heavy (non-hydrogen) atoms. The summed E-state index contributed by atoms with van der Waals surface area (Å²) in [7, 11) is 0. The number of hydrogen-bond acceptors (Lipinski definition) is 4. The van der Waals surface area contributed by atoms with Crippen molar-refractivity contribution in [1.82, 2.24) is 0 Å². The van der Waals surface area contributed by atoms with Gasteiger partial charge in [-0.25, -0.2) is 0 Å². The molecule has 0 atom stereocenters. The molecule has 0 heterocycles. The average molecular weight is 404 g/mol. The van der Waals surface area contributed by atoms with E-state index in [2.05, 4.69) is 16.0 Å². The highest BCUT2D eigenvalue weighted by molar-refractivity contribution is 6.33. The van der Waals surface area contributed by atoms with E-state index >= 15 is 0 Å². The van der Waals surface area contributed by atoms with Crippen LogP contribution in [0, 0.1) is 0 Å². The van der Waals surface area contributed by atoms with Gasteiger partial charge in [-0.15, -0.1) is 0 Å². The minimum atomic E-state index is -0.214. The SMILES string of the molecule is CCCC(=O)Nc1ccc(Cl)c(NCC(=O)Nc2ccc(OC(C)C)cc2)c1. The van der Waals surface area contributed by atoms with E-state index in [1.807, 2.05) is 32.9 Å². The Hall–Kier alpha value is -2.73. The third kappa shape index (κ3) is 7.12. The van der Waals surface area contributed by atoms with Crippen molar-refractivity contribution >= 4 is 40.5 Å². The van der Waals surface area contributed by atoms with Gasteiger partial charge in [0.2, 0.25) is 11.8 Å². The maximum atomic E-state index is 12.2. The van der Waals surface area contributed by atoms with E-state index < -0.39 is 0 Å². The van der Waals surface area contributed by atoms with Crippen LogP contribution in [0.25, 0.3) is 0 Å². The van der Waals surface area contributed by atoms with Gasteiger partial charge in [-0.3, -0.25) is 9.59 Å². The summed E-state index contributed by atoms with van der Waals surface area (Å²) in [6.45, 7) is 5.89. The van der Waals surface area contributed by atoms with Crippen LogP contribution in [0.2, 0.25) is 5.02 Å². The van der Waals surface area contributed by atoms with Crippen molar-refractivity contribution in [3.63, 3.8) is 0 Å². The van der Waals surface area contributed by atoms with Gasteiger partial charge in [0.25, 0.3) is 0 Å². The van der Waals surface area contributed by atoms with Crippen LogP contribution in [0.5, 0.6) is 5.75 Å². The van der Waals surface area contributed by atoms with Crippen LogP contribution < -0.4 is 20.7 Å². The lowest BCUT2D eigenvalue weighted by atomic mass is 10.2. The molecular weight excluding hydrogens is 378 g/mol. The van der Waals surface area contributed by atoms with Gasteiger partial charge >= 0.3 is 0 Å². The van der Waals surface area contributed by atoms with Crippen molar-refractivity contribution in [2.45, 2.75) is 39.7 Å². The van der Waals surface area contributed by atoms with Crippen LogP contribution in [-0.4, -0.2) is 24.5 Å². The maximum absolute atomic E-state index is 12.2. The van der Waals surface area contributed by atoms with Crippen LogP contribution >= 0.6 is 11.6 Å². The van der Waals surface area contributed by atoms with Gasteiger partial charge < -0.3 is 20.7 Å². The summed E-state index contributed by atoms with van der Waals surface area (Å²) in [5, 5.41) is 9.08. The van der Waals surface area contributed by atoms with Gasteiger partial charge in [0.1, 0.15) is 5.75 Å². The molecule has 3 N–H and O–H groups in total. The van der Waals surface area contributed by atoms with Gasteiger partial charge in [-0.2, -0.15) is 0 Å². The zero-order valence-electron chi connectivity index (χ0n) is 16.3. The lowest BCUT2D eigenvalue weighted by molar-refractivity contribution is -0.116. The van der Waals surface area contributed by atoms with Gasteiger partial charge in [-0.1, -0.05) is 18.5 Å². The maximum Gasteiger partial charge on any atom is 0.243 e. The molecular formula is C21H26ClN3O3. The highest BCUT2D eigenvalue weighted by Gasteiger charge is 2.08. The fourth-order valence-electron chi connectivity index (χ4n) is 2.46. The number of halogens is 1. The van der Waals surface area contributed by atoms with E-state index in [-0.39, 0.29) is 24.5 Å². The monoisotopic (exact) mass is 403 g/mol. The molecule has 0 saturated carbocycles. The molecule has 150 valence electrons. The molecule has 2 amide bonds. The molecule has 0 aliphatic carbocycles. The molecule has 0 unspecified atom stereocenters. The predicted molar refractivity (Wildman–Crippen MR) is 114 cm³/mol. The number of ether oxygens (including phenoxy) is 1. The average Bonchev–Trinajstić information content (AvgIpc) is 2.63. The van der Waals surface area contributed by atoms with Crippen molar-refractivity contribution in [3.8, 4) is 5.75 Å². The second-order valence-electron chi connectivity index (χ2n) is 6.59. The van der Waals surface area contributed by atoms with Gasteiger partial charge in [-0.05, 0) is 62.7 Å². The zero-order chi connectivity index (χ0) is 20.5. The van der Waals surface area contributed by atoms with Crippen molar-refractivity contribution < 1.29 is 14.3 Å². The molecule has 2 aromatic carbocycles. The number of hydrogen-bond donors (Lipinski definition) is 3. The molecule has 2 aromatic rings. The number of anilines is 3. The number of rotatable bonds is 9. The summed E-state index contributed by atoms with van der Waals surface area (Å²) in [6.07, 6.45) is 1.32. The van der Waals surface area contributed by atoms with Crippen LogP contribution in [0.3, 0.4) is 0 Å². The molecule has 0 saturated heterocycles. The normalized spacial score (nSPS) is 10.5. The lowest BCUT2D eigenvalue weighted by Gasteiger charge is -2.12. The summed E-state index contributed by atoms with van der Waals surface area (Å²) in [5.74, 6) is 0.479. The van der Waals surface area contributed by atoms with E-state index in [1.165, 1.54) is 0 Å². The van der Waals surface area contributed by atoms with E-state index in [1.54, 1.807) is 30.3 Å². The first kappa shape index (κ1) is 21.6. The summed E-state index contributed by atoms with van der Waals surface area (Å²) < 4.78 is 5.58. The van der Waals surface area contributed by atoms with Gasteiger partial charge in [0, 0.05) is 17.8 Å². The molecule has 2 rings (SSSR count). The van der Waals surface area contributed by atoms with Crippen LogP contribution in [-0.2, 0) is 9.59 Å². The number of nitrogens with one attached hydrogen (secondary N) is 3. The van der Waals surface area contributed by atoms with Crippen molar-refractivity contribution in [3.05, 3.63) is 47.5 Å². The zero-order valence-corrected chi connectivity index (χ0v) is 17.1. The Morgan fingerprint density at radius 3 is 2.29 bits per heavy atom. The topological polar surface area (TPSA) is 79.5 Å². The third-order valence-electron chi connectivity index (χ3n) is 3.68. The Labute approximate surface area is 170 Å². The highest BCUT2D eigenvalue weighted by Crippen LogP contribution is 2.25. The number of carbonyl (C=O) groups is 2. The molecule has 0 aliphatic rings. The first-order chi connectivity index (χ1) is 13.4. The summed E-state index contributed by atoms with van der Waals surface area (Å²) in [5.41, 5.74) is 1.88. The minimum Gasteiger partial charge on any atom is -0.491 e. The molecule has 6 nitrogen and oxygen atoms in total. The Kier molecular flexibility index (Phi) is 8.14. The fourth-order valence-corrected chi connectivity index (χ4v) is 2.64. The lowest BCUT2D eigenvalue weighted by Crippen LogP contribution is -2.22. The third-order valence-corrected chi connectivity index (χ3v) is 4.01. The highest BCUT2D eigenvalue weighted by atomic mass is 35.5. The standard InChI is InChI=1S/C21H26ClN3O3/c1-4-5-20(26)25-16-8-11-18(22)19(12-16)23-13-21(27)24-15-6-9-17(10-7-15)28-14(2)3/h6-12,14,23H,4-5,13H2,1-3H3,(H,24,27)(H,25,26). The molecule has 0 aromatic heterocycles. The van der Waals surface area contributed by atoms with E-state index in [0.717, 1.165) is 12.2 Å². The van der Waals surface area contributed by atoms with Gasteiger partial charge in [0.15, 0.2) is 0 Å². The fraction of sp³-hybridized carbons (Fsp3) is 0.333. The van der Waals surface area contributed by atoms with E-state index in [9.17, 15) is 9.59 Å². The summed E-state index contributed by atoms with van der Waals surface area (Å²) >= 11 is 6.18. The molecule has 0 aliphatic heterocycles. The predicted octanol–water partition coefficient (Wildman–Crippen LogP) is 4.92. The van der Waals surface area contributed by atoms with Crippen molar-refractivity contribution in [1.29, 1.82) is 0 Å². The van der Waals surface area contributed by atoms with Gasteiger partial charge in [0.05, 0.1) is 23.4 Å². The van der Waals surface area contributed by atoms with Crippen LogP contribution in [0.15, 0.2) is 42.5 Å². The molecule has 0 radical (unpaired) electrons. The van der Waals surface area contributed by atoms with Crippen LogP contribution in [0.4, 0.5) is 17.1 Å². The molecule has 0 fully saturated rings. The van der Waals surface area contributed by atoms with Crippen molar-refractivity contribution in [2.75, 3.05) is 22.5 Å². The molecule has 7 heteroatoms.